The Hall–Kier alpha value is -2.14. The zero-order chi connectivity index (χ0) is 44.9. The highest BCUT2D eigenvalue weighted by Crippen LogP contribution is 2.16. The van der Waals surface area contributed by atoms with Gasteiger partial charge in [-0.3, -0.25) is 9.59 Å². The van der Waals surface area contributed by atoms with Gasteiger partial charge in [0.05, 0.1) is 6.61 Å². The Kier molecular flexibility index (Phi) is 51.4. The Morgan fingerprint density at radius 1 is 0.371 bits per heavy atom. The first-order valence-electron chi connectivity index (χ1n) is 27.2. The molecule has 0 aliphatic carbocycles. The molecule has 0 radical (unpaired) electrons. The van der Waals surface area contributed by atoms with E-state index in [9.17, 15) is 9.59 Å². The molecule has 0 saturated carbocycles. The summed E-state index contributed by atoms with van der Waals surface area (Å²) in [6.45, 7) is 7.62. The fourth-order valence-electron chi connectivity index (χ4n) is 7.87. The van der Waals surface area contributed by atoms with E-state index in [-0.39, 0.29) is 25.2 Å². The number of esters is 2. The number of hydrogen-bond acceptors (Lipinski definition) is 5. The quantitative estimate of drug-likeness (QED) is 0.0346. The van der Waals surface area contributed by atoms with Crippen molar-refractivity contribution in [2.75, 3.05) is 19.8 Å². The zero-order valence-electron chi connectivity index (χ0n) is 41.6. The fourth-order valence-corrected chi connectivity index (χ4v) is 7.87. The van der Waals surface area contributed by atoms with Gasteiger partial charge in [-0.2, -0.15) is 0 Å². The van der Waals surface area contributed by atoms with E-state index < -0.39 is 6.10 Å². The average molecular weight is 869 g/mol. The van der Waals surface area contributed by atoms with Crippen LogP contribution in [0.25, 0.3) is 0 Å². The van der Waals surface area contributed by atoms with Gasteiger partial charge in [0.15, 0.2) is 6.10 Å². The molecule has 0 aromatic rings. The van der Waals surface area contributed by atoms with Crippen LogP contribution in [0.2, 0.25) is 0 Å². The van der Waals surface area contributed by atoms with Gasteiger partial charge in [-0.15, -0.1) is 0 Å². The number of unbranched alkanes of at least 4 members (excludes halogenated alkanes) is 31. The molecule has 0 N–H and O–H groups in total. The van der Waals surface area contributed by atoms with Crippen LogP contribution in [0.1, 0.15) is 278 Å². The molecule has 0 aromatic carbocycles. The monoisotopic (exact) mass is 869 g/mol. The van der Waals surface area contributed by atoms with Crippen molar-refractivity contribution in [1.29, 1.82) is 0 Å². The van der Waals surface area contributed by atoms with Crippen molar-refractivity contribution < 1.29 is 23.8 Å². The Bertz CT molecular complexity index is 1030. The van der Waals surface area contributed by atoms with Crippen LogP contribution in [0.5, 0.6) is 0 Å². The van der Waals surface area contributed by atoms with Crippen LogP contribution in [0.15, 0.2) is 48.6 Å². The van der Waals surface area contributed by atoms with Crippen molar-refractivity contribution in [2.45, 2.75) is 284 Å². The second kappa shape index (κ2) is 53.2. The van der Waals surface area contributed by atoms with E-state index in [1.165, 1.54) is 180 Å². The normalized spacial score (nSPS) is 12.5. The third-order valence-corrected chi connectivity index (χ3v) is 11.9. The van der Waals surface area contributed by atoms with Crippen LogP contribution in [-0.4, -0.2) is 37.9 Å². The Morgan fingerprint density at radius 3 is 1.10 bits per heavy atom. The highest BCUT2D eigenvalue weighted by molar-refractivity contribution is 5.70. The molecule has 0 aromatic heterocycles. The van der Waals surface area contributed by atoms with Crippen LogP contribution in [0.3, 0.4) is 0 Å². The van der Waals surface area contributed by atoms with E-state index in [1.807, 2.05) is 0 Å². The number of rotatable bonds is 50. The number of carbonyl (C=O) groups is 2. The summed E-state index contributed by atoms with van der Waals surface area (Å²) in [6.07, 6.45) is 65.7. The Labute approximate surface area is 386 Å². The van der Waals surface area contributed by atoms with E-state index in [4.69, 9.17) is 14.2 Å². The summed E-state index contributed by atoms with van der Waals surface area (Å²) < 4.78 is 17.4. The summed E-state index contributed by atoms with van der Waals surface area (Å²) >= 11 is 0. The fraction of sp³-hybridized carbons (Fsp3) is 0.825. The summed E-state index contributed by atoms with van der Waals surface area (Å²) in [7, 11) is 0. The average Bonchev–Trinajstić information content (AvgIpc) is 3.27. The standard InChI is InChI=1S/C57H104O5/c1-4-7-10-13-16-19-22-25-27-28-29-30-31-33-35-38-41-44-47-50-56(58)61-54-55(53-60-52-49-46-43-40-37-34-26-23-20-17-14-11-8-5-2)62-57(59)51-48-45-42-39-36-32-24-21-18-15-12-9-6-3/h8,11,17,20,26,34,40,43,55H,4-7,9-10,12-16,18-19,21-25,27-33,35-39,41-42,44-54H2,1-3H3/b11-8-,20-17-,34-26-,43-40-. The van der Waals surface area contributed by atoms with Crippen LogP contribution in [-0.2, 0) is 23.8 Å². The molecule has 5 heteroatoms. The van der Waals surface area contributed by atoms with Crippen LogP contribution >= 0.6 is 0 Å². The maximum atomic E-state index is 12.8. The van der Waals surface area contributed by atoms with Crippen LogP contribution in [0, 0.1) is 0 Å². The molecule has 0 aliphatic rings. The van der Waals surface area contributed by atoms with Crippen molar-refractivity contribution in [3.8, 4) is 0 Å². The molecular weight excluding hydrogens is 765 g/mol. The van der Waals surface area contributed by atoms with E-state index in [2.05, 4.69) is 69.4 Å². The van der Waals surface area contributed by atoms with Crippen LogP contribution < -0.4 is 0 Å². The minimum atomic E-state index is -0.559. The molecule has 0 bridgehead atoms. The van der Waals surface area contributed by atoms with Gasteiger partial charge in [0, 0.05) is 19.4 Å². The summed E-state index contributed by atoms with van der Waals surface area (Å²) in [5.74, 6) is -0.412. The molecule has 0 aliphatic heterocycles. The zero-order valence-corrected chi connectivity index (χ0v) is 41.6. The largest absolute Gasteiger partial charge is 0.462 e. The molecule has 362 valence electrons. The third-order valence-electron chi connectivity index (χ3n) is 11.9. The summed E-state index contributed by atoms with van der Waals surface area (Å²) in [5.41, 5.74) is 0. The van der Waals surface area contributed by atoms with Crippen LogP contribution in [0.4, 0.5) is 0 Å². The maximum absolute atomic E-state index is 12.8. The van der Waals surface area contributed by atoms with Crippen molar-refractivity contribution in [3.05, 3.63) is 48.6 Å². The molecule has 0 rings (SSSR count). The second-order valence-corrected chi connectivity index (χ2v) is 18.1. The molecule has 62 heavy (non-hydrogen) atoms. The topological polar surface area (TPSA) is 61.8 Å². The number of ether oxygens (including phenoxy) is 3. The minimum absolute atomic E-state index is 0.0686. The van der Waals surface area contributed by atoms with Crippen molar-refractivity contribution >= 4 is 11.9 Å². The van der Waals surface area contributed by atoms with Gasteiger partial charge in [-0.1, -0.05) is 262 Å². The summed E-state index contributed by atoms with van der Waals surface area (Å²) in [6, 6.07) is 0. The lowest BCUT2D eigenvalue weighted by atomic mass is 10.0. The van der Waals surface area contributed by atoms with E-state index in [0.717, 1.165) is 64.2 Å². The van der Waals surface area contributed by atoms with Gasteiger partial charge in [0.25, 0.3) is 0 Å². The third kappa shape index (κ3) is 50.5. The van der Waals surface area contributed by atoms with Gasteiger partial charge in [0.2, 0.25) is 0 Å². The Balaban J connectivity index is 4.25. The molecule has 0 spiro atoms. The summed E-state index contributed by atoms with van der Waals surface area (Å²) in [5, 5.41) is 0. The smallest absolute Gasteiger partial charge is 0.306 e. The number of carbonyl (C=O) groups excluding carboxylic acids is 2. The number of allylic oxidation sites excluding steroid dienone is 8. The predicted molar refractivity (Wildman–Crippen MR) is 270 cm³/mol. The molecule has 0 heterocycles. The highest BCUT2D eigenvalue weighted by atomic mass is 16.6. The van der Waals surface area contributed by atoms with Crippen molar-refractivity contribution in [2.24, 2.45) is 0 Å². The molecule has 5 nitrogen and oxygen atoms in total. The molecule has 1 unspecified atom stereocenters. The minimum Gasteiger partial charge on any atom is -0.462 e. The first-order valence-corrected chi connectivity index (χ1v) is 27.2. The van der Waals surface area contributed by atoms with E-state index in [0.29, 0.717) is 19.4 Å². The highest BCUT2D eigenvalue weighted by Gasteiger charge is 2.17. The molecule has 0 amide bonds. The van der Waals surface area contributed by atoms with Gasteiger partial charge in [-0.25, -0.2) is 0 Å². The Morgan fingerprint density at radius 2 is 0.710 bits per heavy atom. The molecule has 1 atom stereocenters. The van der Waals surface area contributed by atoms with E-state index in [1.54, 1.807) is 0 Å². The molecular formula is C57H104O5. The van der Waals surface area contributed by atoms with Gasteiger partial charge in [-0.05, 0) is 51.4 Å². The lowest BCUT2D eigenvalue weighted by Gasteiger charge is -2.18. The molecule has 0 fully saturated rings. The van der Waals surface area contributed by atoms with Crippen molar-refractivity contribution in [3.63, 3.8) is 0 Å². The van der Waals surface area contributed by atoms with Crippen molar-refractivity contribution in [1.82, 2.24) is 0 Å². The van der Waals surface area contributed by atoms with E-state index >= 15 is 0 Å². The first kappa shape index (κ1) is 59.9. The molecule has 0 saturated heterocycles. The predicted octanol–water partition coefficient (Wildman–Crippen LogP) is 18.3. The van der Waals surface area contributed by atoms with Gasteiger partial charge in [0.1, 0.15) is 6.61 Å². The first-order chi connectivity index (χ1) is 30.6. The summed E-state index contributed by atoms with van der Waals surface area (Å²) in [4.78, 5) is 25.4. The second-order valence-electron chi connectivity index (χ2n) is 18.1. The maximum Gasteiger partial charge on any atom is 0.306 e. The number of hydrogen-bond donors (Lipinski definition) is 0. The lowest BCUT2D eigenvalue weighted by molar-refractivity contribution is -0.163. The van der Waals surface area contributed by atoms with Gasteiger partial charge >= 0.3 is 11.9 Å². The SMILES string of the molecule is CC/C=C\C/C=C\C/C=C\C/C=C\CCCOCC(COC(=O)CCCCCCCCCCCCCCCCCCCCC)OC(=O)CCCCCCCCCCCCCCC. The lowest BCUT2D eigenvalue weighted by Crippen LogP contribution is -2.30. The van der Waals surface area contributed by atoms with Gasteiger partial charge < -0.3 is 14.2 Å².